The molecule has 0 radical (unpaired) electrons. The third kappa shape index (κ3) is 3.67. The van der Waals surface area contributed by atoms with Crippen molar-refractivity contribution in [1.82, 2.24) is 4.72 Å². The Bertz CT molecular complexity index is 635. The van der Waals surface area contributed by atoms with Crippen molar-refractivity contribution in [3.63, 3.8) is 0 Å². The molecule has 0 heterocycles. The fraction of sp³-hybridized carbons (Fsp3) is 0.647. The Morgan fingerprint density at radius 3 is 2.19 bits per heavy atom. The van der Waals surface area contributed by atoms with Crippen LogP contribution in [0.3, 0.4) is 0 Å². The van der Waals surface area contributed by atoms with E-state index in [1.165, 1.54) is 5.56 Å². The van der Waals surface area contributed by atoms with E-state index < -0.39 is 10.0 Å². The van der Waals surface area contributed by atoms with Crippen LogP contribution in [-0.2, 0) is 15.4 Å². The molecule has 1 aromatic carbocycles. The third-order valence-corrected chi connectivity index (χ3v) is 5.85. The summed E-state index contributed by atoms with van der Waals surface area (Å²) in [6, 6.07) is 5.75. The van der Waals surface area contributed by atoms with Crippen LogP contribution >= 0.6 is 0 Å². The summed E-state index contributed by atoms with van der Waals surface area (Å²) in [5.41, 5.74) is 1.62. The van der Waals surface area contributed by atoms with Crippen LogP contribution < -0.4 is 4.72 Å². The zero-order valence-electron chi connectivity index (χ0n) is 13.9. The topological polar surface area (TPSA) is 46.2 Å². The maximum atomic E-state index is 12.7. The normalized spacial score (nSPS) is 18.0. The van der Waals surface area contributed by atoms with E-state index in [0.717, 1.165) is 18.4 Å². The maximum Gasteiger partial charge on any atom is 0.241 e. The fourth-order valence-corrected chi connectivity index (χ4v) is 4.26. The molecule has 0 spiro atoms. The molecule has 1 aliphatic carbocycles. The van der Waals surface area contributed by atoms with Gasteiger partial charge in [0.1, 0.15) is 0 Å². The van der Waals surface area contributed by atoms with Crippen LogP contribution in [0.25, 0.3) is 0 Å². The van der Waals surface area contributed by atoms with E-state index in [1.807, 2.05) is 13.0 Å². The summed E-state index contributed by atoms with van der Waals surface area (Å²) < 4.78 is 28.3. The molecule has 3 nitrogen and oxygen atoms in total. The third-order valence-electron chi connectivity index (χ3n) is 4.15. The predicted molar refractivity (Wildman–Crippen MR) is 87.2 cm³/mol. The minimum atomic E-state index is -3.46. The molecule has 4 heteroatoms. The van der Waals surface area contributed by atoms with Crippen molar-refractivity contribution >= 4 is 10.0 Å². The highest BCUT2D eigenvalue weighted by atomic mass is 32.2. The van der Waals surface area contributed by atoms with Gasteiger partial charge in [0.05, 0.1) is 4.90 Å². The Kier molecular flexibility index (Phi) is 4.00. The Balaban J connectivity index is 2.52. The number of rotatable bonds is 4. The van der Waals surface area contributed by atoms with Gasteiger partial charge >= 0.3 is 0 Å². The summed E-state index contributed by atoms with van der Waals surface area (Å²) in [4.78, 5) is 0.424. The number of nitrogens with one attached hydrogen (secondary N) is 1. The van der Waals surface area contributed by atoms with Crippen LogP contribution in [0.4, 0.5) is 0 Å². The van der Waals surface area contributed by atoms with Gasteiger partial charge in [0, 0.05) is 5.54 Å². The molecule has 1 saturated carbocycles. The first-order valence-electron chi connectivity index (χ1n) is 7.63. The Hall–Kier alpha value is -0.870. The van der Waals surface area contributed by atoms with Crippen molar-refractivity contribution in [1.29, 1.82) is 0 Å². The van der Waals surface area contributed by atoms with E-state index in [9.17, 15) is 8.42 Å². The number of hydrogen-bond acceptors (Lipinski definition) is 2. The van der Waals surface area contributed by atoms with Crippen molar-refractivity contribution in [2.75, 3.05) is 0 Å². The van der Waals surface area contributed by atoms with Gasteiger partial charge in [-0.05, 0) is 48.3 Å². The van der Waals surface area contributed by atoms with E-state index in [4.69, 9.17) is 0 Å². The smallest absolute Gasteiger partial charge is 0.207 e. The second-order valence-electron chi connectivity index (χ2n) is 7.83. The number of benzene rings is 1. The second kappa shape index (κ2) is 5.10. The van der Waals surface area contributed by atoms with E-state index in [2.05, 4.69) is 45.4 Å². The van der Waals surface area contributed by atoms with Crippen LogP contribution in [-0.4, -0.2) is 14.0 Å². The first kappa shape index (κ1) is 16.5. The van der Waals surface area contributed by atoms with Gasteiger partial charge in [0.25, 0.3) is 0 Å². The largest absolute Gasteiger partial charge is 0.241 e. The number of sulfonamides is 1. The quantitative estimate of drug-likeness (QED) is 0.915. The van der Waals surface area contributed by atoms with Gasteiger partial charge in [-0.15, -0.1) is 0 Å². The van der Waals surface area contributed by atoms with Gasteiger partial charge in [-0.1, -0.05) is 46.8 Å². The first-order chi connectivity index (χ1) is 9.45. The molecule has 0 aromatic heterocycles. The Labute approximate surface area is 129 Å². The monoisotopic (exact) mass is 309 g/mol. The molecule has 2 rings (SSSR count). The van der Waals surface area contributed by atoms with Gasteiger partial charge in [-0.25, -0.2) is 13.1 Å². The zero-order valence-corrected chi connectivity index (χ0v) is 14.8. The predicted octanol–water partition coefficient (Wildman–Crippen LogP) is 3.94. The molecule has 21 heavy (non-hydrogen) atoms. The minimum Gasteiger partial charge on any atom is -0.207 e. The lowest BCUT2D eigenvalue weighted by Crippen LogP contribution is -2.35. The average molecular weight is 309 g/mol. The Morgan fingerprint density at radius 1 is 1.19 bits per heavy atom. The molecule has 0 bridgehead atoms. The number of hydrogen-bond donors (Lipinski definition) is 1. The molecule has 118 valence electrons. The first-order valence-corrected chi connectivity index (χ1v) is 9.11. The molecule has 1 N–H and O–H groups in total. The van der Waals surface area contributed by atoms with Gasteiger partial charge < -0.3 is 0 Å². The molecule has 1 aliphatic rings. The summed E-state index contributed by atoms with van der Waals surface area (Å²) in [5, 5.41) is 0. The maximum absolute atomic E-state index is 12.7. The van der Waals surface area contributed by atoms with Crippen molar-refractivity contribution in [2.45, 2.75) is 76.2 Å². The lowest BCUT2D eigenvalue weighted by molar-refractivity contribution is 0.540. The second-order valence-corrected chi connectivity index (χ2v) is 9.48. The van der Waals surface area contributed by atoms with Crippen molar-refractivity contribution in [2.24, 2.45) is 0 Å². The van der Waals surface area contributed by atoms with Gasteiger partial charge in [0.15, 0.2) is 0 Å². The van der Waals surface area contributed by atoms with Crippen molar-refractivity contribution in [3.8, 4) is 0 Å². The summed E-state index contributed by atoms with van der Waals surface area (Å²) in [6.07, 6.45) is 1.84. The van der Waals surface area contributed by atoms with Gasteiger partial charge in [-0.2, -0.15) is 0 Å². The van der Waals surface area contributed by atoms with Crippen LogP contribution in [0.2, 0.25) is 0 Å². The molecular formula is C17H27NO2S. The standard InChI is InChI=1S/C17H27NO2S/c1-12(2)13-7-8-15(14(11-13)16(3,4)5)21(19,20)18-17(6)9-10-17/h7-8,11-12,18H,9-10H2,1-6H3. The van der Waals surface area contributed by atoms with E-state index in [1.54, 1.807) is 6.07 Å². The van der Waals surface area contributed by atoms with Crippen LogP contribution in [0.5, 0.6) is 0 Å². The van der Waals surface area contributed by atoms with Gasteiger partial charge in [0.2, 0.25) is 10.0 Å². The summed E-state index contributed by atoms with van der Waals surface area (Å²) in [7, 11) is -3.46. The molecule has 0 atom stereocenters. The molecule has 1 fully saturated rings. The SMILES string of the molecule is CC(C)c1ccc(S(=O)(=O)NC2(C)CC2)c(C(C)(C)C)c1. The highest BCUT2D eigenvalue weighted by Gasteiger charge is 2.42. The van der Waals surface area contributed by atoms with E-state index >= 15 is 0 Å². The average Bonchev–Trinajstić information content (AvgIpc) is 3.03. The lowest BCUT2D eigenvalue weighted by Gasteiger charge is -2.25. The van der Waals surface area contributed by atoms with E-state index in [-0.39, 0.29) is 11.0 Å². The molecular weight excluding hydrogens is 282 g/mol. The summed E-state index contributed by atoms with van der Waals surface area (Å²) in [5.74, 6) is 0.386. The Morgan fingerprint density at radius 2 is 1.76 bits per heavy atom. The molecule has 0 unspecified atom stereocenters. The van der Waals surface area contributed by atoms with Gasteiger partial charge in [-0.3, -0.25) is 0 Å². The van der Waals surface area contributed by atoms with Crippen LogP contribution in [0.1, 0.15) is 71.4 Å². The van der Waals surface area contributed by atoms with Crippen LogP contribution in [0.15, 0.2) is 23.1 Å². The zero-order chi connectivity index (χ0) is 16.1. The summed E-state index contributed by atoms with van der Waals surface area (Å²) >= 11 is 0. The van der Waals surface area contributed by atoms with E-state index in [0.29, 0.717) is 10.8 Å². The highest BCUT2D eigenvalue weighted by Crippen LogP contribution is 2.38. The van der Waals surface area contributed by atoms with Crippen LogP contribution in [0, 0.1) is 0 Å². The molecule has 0 aliphatic heterocycles. The summed E-state index contributed by atoms with van der Waals surface area (Å²) in [6.45, 7) is 12.4. The van der Waals surface area contributed by atoms with Crippen molar-refractivity contribution < 1.29 is 8.42 Å². The molecule has 0 saturated heterocycles. The molecule has 1 aromatic rings. The van der Waals surface area contributed by atoms with Crippen molar-refractivity contribution in [3.05, 3.63) is 29.3 Å². The molecule has 0 amide bonds. The fourth-order valence-electron chi connectivity index (χ4n) is 2.40. The highest BCUT2D eigenvalue weighted by molar-refractivity contribution is 7.89. The minimum absolute atomic E-state index is 0.209. The lowest BCUT2D eigenvalue weighted by atomic mass is 9.85.